The number of piperazine rings is 1. The summed E-state index contributed by atoms with van der Waals surface area (Å²) in [4.78, 5) is 19.5. The van der Waals surface area contributed by atoms with Crippen molar-refractivity contribution in [3.8, 4) is 11.5 Å². The molecule has 4 aromatic heterocycles. The lowest BCUT2D eigenvalue weighted by molar-refractivity contribution is 0.312. The van der Waals surface area contributed by atoms with Gasteiger partial charge in [0.1, 0.15) is 22.9 Å². The normalized spacial score (nSPS) is 14.9. The number of aryl methyl sites for hydroxylation is 2. The first-order chi connectivity index (χ1) is 17.1. The van der Waals surface area contributed by atoms with Gasteiger partial charge >= 0.3 is 0 Å². The highest BCUT2D eigenvalue weighted by Crippen LogP contribution is 2.28. The Morgan fingerprint density at radius 3 is 2.54 bits per heavy atom. The topological polar surface area (TPSA) is 80.3 Å². The van der Waals surface area contributed by atoms with Gasteiger partial charge in [0.05, 0.1) is 17.4 Å². The number of anilines is 1. The summed E-state index contributed by atoms with van der Waals surface area (Å²) in [5.74, 6) is 2.66. The molecule has 0 unspecified atom stereocenters. The summed E-state index contributed by atoms with van der Waals surface area (Å²) < 4.78 is 4.28. The van der Waals surface area contributed by atoms with E-state index in [-0.39, 0.29) is 0 Å². The molecule has 9 nitrogen and oxygen atoms in total. The van der Waals surface area contributed by atoms with Gasteiger partial charge in [-0.3, -0.25) is 4.40 Å². The van der Waals surface area contributed by atoms with Crippen molar-refractivity contribution in [2.24, 2.45) is 0 Å². The van der Waals surface area contributed by atoms with Crippen LogP contribution in [0.1, 0.15) is 24.0 Å². The van der Waals surface area contributed by atoms with Gasteiger partial charge in [0.2, 0.25) is 0 Å². The molecule has 1 saturated heterocycles. The minimum Gasteiger partial charge on any atom is -0.354 e. The van der Waals surface area contributed by atoms with Gasteiger partial charge in [-0.15, -0.1) is 10.2 Å². The van der Waals surface area contributed by atoms with Gasteiger partial charge in [0.25, 0.3) is 0 Å². The molecule has 35 heavy (non-hydrogen) atoms. The quantitative estimate of drug-likeness (QED) is 0.393. The van der Waals surface area contributed by atoms with Gasteiger partial charge in [-0.2, -0.15) is 0 Å². The maximum atomic E-state index is 5.03. The SMILES string of the molecule is CCc1nc(-c2nc3cnc(N4CCN(C)CC4)cc3n2Cc2ccccc2)cn2c(C)nnc12. The number of aromatic nitrogens is 7. The van der Waals surface area contributed by atoms with Crippen LogP contribution < -0.4 is 4.90 Å². The Morgan fingerprint density at radius 1 is 0.971 bits per heavy atom. The van der Waals surface area contributed by atoms with Gasteiger partial charge in [-0.25, -0.2) is 15.0 Å². The Balaban J connectivity index is 1.52. The van der Waals surface area contributed by atoms with Crippen molar-refractivity contribution in [1.82, 2.24) is 39.0 Å². The fraction of sp³-hybridized carbons (Fsp3) is 0.346. The van der Waals surface area contributed by atoms with Crippen molar-refractivity contribution in [2.75, 3.05) is 38.1 Å². The number of hydrogen-bond acceptors (Lipinski definition) is 7. The van der Waals surface area contributed by atoms with E-state index in [0.29, 0.717) is 6.54 Å². The third-order valence-electron chi connectivity index (χ3n) is 6.83. The summed E-state index contributed by atoms with van der Waals surface area (Å²) in [6.45, 7) is 8.77. The van der Waals surface area contributed by atoms with Crippen LogP contribution in [0.5, 0.6) is 0 Å². The maximum Gasteiger partial charge on any atom is 0.182 e. The zero-order chi connectivity index (χ0) is 23.9. The second kappa shape index (κ2) is 8.74. The highest BCUT2D eigenvalue weighted by molar-refractivity contribution is 5.82. The lowest BCUT2D eigenvalue weighted by atomic mass is 10.2. The van der Waals surface area contributed by atoms with E-state index in [2.05, 4.69) is 68.9 Å². The van der Waals surface area contributed by atoms with Crippen molar-refractivity contribution in [1.29, 1.82) is 0 Å². The van der Waals surface area contributed by atoms with E-state index in [1.807, 2.05) is 29.8 Å². The number of nitrogens with zero attached hydrogens (tertiary/aromatic N) is 9. The molecule has 0 amide bonds. The molecule has 5 aromatic rings. The van der Waals surface area contributed by atoms with E-state index < -0.39 is 0 Å². The molecule has 0 aliphatic carbocycles. The minimum absolute atomic E-state index is 0.696. The van der Waals surface area contributed by atoms with Crippen LogP contribution in [-0.4, -0.2) is 72.2 Å². The highest BCUT2D eigenvalue weighted by Gasteiger charge is 2.21. The van der Waals surface area contributed by atoms with Crippen molar-refractivity contribution in [2.45, 2.75) is 26.8 Å². The molecule has 1 fully saturated rings. The average molecular weight is 468 g/mol. The van der Waals surface area contributed by atoms with Gasteiger partial charge in [0.15, 0.2) is 11.5 Å². The van der Waals surface area contributed by atoms with E-state index in [9.17, 15) is 0 Å². The average Bonchev–Trinajstić information content (AvgIpc) is 3.44. The smallest absolute Gasteiger partial charge is 0.182 e. The molecule has 0 radical (unpaired) electrons. The molecular weight excluding hydrogens is 438 g/mol. The van der Waals surface area contributed by atoms with Gasteiger partial charge in [-0.1, -0.05) is 37.3 Å². The van der Waals surface area contributed by atoms with Crippen LogP contribution in [0.15, 0.2) is 48.8 Å². The molecule has 1 aromatic carbocycles. The predicted molar refractivity (Wildman–Crippen MR) is 137 cm³/mol. The third kappa shape index (κ3) is 3.91. The zero-order valence-electron chi connectivity index (χ0n) is 20.4. The van der Waals surface area contributed by atoms with Crippen LogP contribution in [0.3, 0.4) is 0 Å². The van der Waals surface area contributed by atoms with Crippen LogP contribution >= 0.6 is 0 Å². The number of imidazole rings is 1. The third-order valence-corrected chi connectivity index (χ3v) is 6.83. The molecule has 9 heteroatoms. The molecule has 1 aliphatic rings. The van der Waals surface area contributed by atoms with Crippen molar-refractivity contribution < 1.29 is 0 Å². The molecule has 0 N–H and O–H groups in total. The van der Waals surface area contributed by atoms with Crippen LogP contribution in [0.25, 0.3) is 28.2 Å². The van der Waals surface area contributed by atoms with E-state index >= 15 is 0 Å². The molecule has 6 rings (SSSR count). The Kier molecular flexibility index (Phi) is 5.41. The van der Waals surface area contributed by atoms with E-state index in [1.165, 1.54) is 5.56 Å². The van der Waals surface area contributed by atoms with E-state index in [4.69, 9.17) is 15.0 Å². The van der Waals surface area contributed by atoms with E-state index in [0.717, 1.165) is 78.1 Å². The molecule has 0 bridgehead atoms. The minimum atomic E-state index is 0.696. The Hall–Kier alpha value is -3.85. The highest BCUT2D eigenvalue weighted by atomic mass is 15.3. The Morgan fingerprint density at radius 2 is 1.77 bits per heavy atom. The zero-order valence-corrected chi connectivity index (χ0v) is 20.4. The number of benzene rings is 1. The summed E-state index contributed by atoms with van der Waals surface area (Å²) in [6.07, 6.45) is 4.67. The van der Waals surface area contributed by atoms with Crippen LogP contribution in [0.2, 0.25) is 0 Å². The number of likely N-dealkylation sites (N-methyl/N-ethyl adjacent to an activating group) is 1. The molecule has 0 spiro atoms. The van der Waals surface area contributed by atoms with Crippen molar-refractivity contribution in [3.63, 3.8) is 0 Å². The molecule has 0 saturated carbocycles. The molecule has 5 heterocycles. The predicted octanol–water partition coefficient (Wildman–Crippen LogP) is 3.21. The van der Waals surface area contributed by atoms with Crippen LogP contribution in [-0.2, 0) is 13.0 Å². The summed E-state index contributed by atoms with van der Waals surface area (Å²) in [7, 11) is 2.17. The van der Waals surface area contributed by atoms with Crippen LogP contribution in [0, 0.1) is 6.92 Å². The number of fused-ring (bicyclic) bond motifs is 2. The fourth-order valence-corrected chi connectivity index (χ4v) is 4.76. The molecule has 178 valence electrons. The number of pyridine rings is 1. The number of hydrogen-bond donors (Lipinski definition) is 0. The first kappa shape index (κ1) is 21.7. The largest absolute Gasteiger partial charge is 0.354 e. The molecule has 1 aliphatic heterocycles. The van der Waals surface area contributed by atoms with Crippen LogP contribution in [0.4, 0.5) is 5.82 Å². The summed E-state index contributed by atoms with van der Waals surface area (Å²) >= 11 is 0. The maximum absolute atomic E-state index is 5.03. The summed E-state index contributed by atoms with van der Waals surface area (Å²) in [6, 6.07) is 12.7. The van der Waals surface area contributed by atoms with Gasteiger partial charge < -0.3 is 14.4 Å². The fourth-order valence-electron chi connectivity index (χ4n) is 4.76. The summed E-state index contributed by atoms with van der Waals surface area (Å²) in [5, 5.41) is 8.60. The Labute approximate surface area is 204 Å². The van der Waals surface area contributed by atoms with Crippen molar-refractivity contribution >= 4 is 22.5 Å². The molecule has 0 atom stereocenters. The Bertz CT molecular complexity index is 1490. The molecular formula is C26H29N9. The van der Waals surface area contributed by atoms with Gasteiger partial charge in [0, 0.05) is 45.0 Å². The van der Waals surface area contributed by atoms with Gasteiger partial charge in [-0.05, 0) is 26.0 Å². The summed E-state index contributed by atoms with van der Waals surface area (Å²) in [5.41, 5.74) is 5.67. The second-order valence-corrected chi connectivity index (χ2v) is 9.20. The van der Waals surface area contributed by atoms with Crippen molar-refractivity contribution in [3.05, 3.63) is 65.9 Å². The lowest BCUT2D eigenvalue weighted by Gasteiger charge is -2.33. The lowest BCUT2D eigenvalue weighted by Crippen LogP contribution is -2.44. The second-order valence-electron chi connectivity index (χ2n) is 9.20. The number of rotatable bonds is 5. The monoisotopic (exact) mass is 467 g/mol. The first-order valence-corrected chi connectivity index (χ1v) is 12.2. The van der Waals surface area contributed by atoms with E-state index in [1.54, 1.807) is 0 Å². The standard InChI is InChI=1S/C26H29N9/c1-4-20-26-31-30-18(2)34(26)17-22(28-20)25-29-21-15-27-24(33-12-10-32(3)11-13-33)14-23(21)35(25)16-19-8-6-5-7-9-19/h5-9,14-15,17H,4,10-13,16H2,1-3H3. The first-order valence-electron chi connectivity index (χ1n) is 12.2.